The van der Waals surface area contributed by atoms with E-state index in [4.69, 9.17) is 9.47 Å². The zero-order valence-electron chi connectivity index (χ0n) is 17.5. The van der Waals surface area contributed by atoms with Crippen molar-refractivity contribution in [1.82, 2.24) is 5.32 Å². The first-order valence-corrected chi connectivity index (χ1v) is 9.40. The summed E-state index contributed by atoms with van der Waals surface area (Å²) >= 11 is 0. The van der Waals surface area contributed by atoms with E-state index >= 15 is 0 Å². The number of hydrogen-bond donors (Lipinski definition) is 1. The molecule has 5 heteroatoms. The number of carbonyl (C=O) groups is 2. The molecule has 1 atom stereocenters. The van der Waals surface area contributed by atoms with E-state index in [1.54, 1.807) is 7.11 Å². The van der Waals surface area contributed by atoms with Gasteiger partial charge in [-0.05, 0) is 64.7 Å². The molecular weight excluding hydrogens is 342 g/mol. The molecule has 0 bridgehead atoms. The molecule has 1 N–H and O–H groups in total. The summed E-state index contributed by atoms with van der Waals surface area (Å²) in [5.41, 5.74) is 4.47. The van der Waals surface area contributed by atoms with Crippen LogP contribution in [0.2, 0.25) is 0 Å². The van der Waals surface area contributed by atoms with Gasteiger partial charge in [-0.1, -0.05) is 17.7 Å². The van der Waals surface area contributed by atoms with E-state index in [9.17, 15) is 9.59 Å². The molecule has 0 saturated carbocycles. The van der Waals surface area contributed by atoms with Crippen molar-refractivity contribution in [2.45, 2.75) is 60.0 Å². The number of rotatable bonds is 5. The minimum Gasteiger partial charge on any atom is -0.500 e. The normalized spacial score (nSPS) is 17.3. The molecule has 0 radical (unpaired) electrons. The number of methoxy groups -OCH3 is 1. The van der Waals surface area contributed by atoms with Crippen LogP contribution >= 0.6 is 0 Å². The summed E-state index contributed by atoms with van der Waals surface area (Å²) in [7, 11) is 1.61. The monoisotopic (exact) mass is 373 g/mol. The highest BCUT2D eigenvalue weighted by Gasteiger charge is 2.36. The summed E-state index contributed by atoms with van der Waals surface area (Å²) < 4.78 is 10.8. The lowest BCUT2D eigenvalue weighted by atomic mass is 9.90. The highest BCUT2D eigenvalue weighted by Crippen LogP contribution is 2.39. The van der Waals surface area contributed by atoms with Crippen LogP contribution in [0.1, 0.15) is 55.9 Å². The van der Waals surface area contributed by atoms with Crippen molar-refractivity contribution in [2.75, 3.05) is 13.7 Å². The van der Waals surface area contributed by atoms with Crippen LogP contribution in [-0.4, -0.2) is 31.1 Å². The van der Waals surface area contributed by atoms with Crippen molar-refractivity contribution in [2.24, 2.45) is 5.92 Å². The van der Waals surface area contributed by atoms with Crippen molar-refractivity contribution in [1.29, 1.82) is 0 Å². The molecule has 1 unspecified atom stereocenters. The van der Waals surface area contributed by atoms with Crippen LogP contribution in [0.3, 0.4) is 0 Å². The minimum atomic E-state index is -0.536. The van der Waals surface area contributed by atoms with Crippen molar-refractivity contribution < 1.29 is 19.1 Å². The number of allylic oxidation sites excluding steroid dienone is 2. The second-order valence-electron chi connectivity index (χ2n) is 8.26. The molecule has 1 aliphatic rings. The standard InChI is InChI=1S/C22H31NO4/c1-13-10-14(2)18(15(3)11-13)19-17(26-7)12-16(20(19)24)8-9-23-21(25)27-22(4,5)6/h10-11,16H,8-9,12H2,1-7H3,(H,23,25). The summed E-state index contributed by atoms with van der Waals surface area (Å²) in [5.74, 6) is 0.634. The number of ketones is 1. The van der Waals surface area contributed by atoms with Crippen molar-refractivity contribution in [3.05, 3.63) is 40.1 Å². The predicted molar refractivity (Wildman–Crippen MR) is 107 cm³/mol. The Hall–Kier alpha value is -2.30. The van der Waals surface area contributed by atoms with Gasteiger partial charge in [0.25, 0.3) is 0 Å². The van der Waals surface area contributed by atoms with Gasteiger partial charge in [0.1, 0.15) is 11.4 Å². The summed E-state index contributed by atoms with van der Waals surface area (Å²) in [6.45, 7) is 12.0. The van der Waals surface area contributed by atoms with Crippen molar-refractivity contribution >= 4 is 17.4 Å². The molecule has 5 nitrogen and oxygen atoms in total. The third-order valence-corrected chi connectivity index (χ3v) is 4.66. The average Bonchev–Trinajstić information content (AvgIpc) is 2.81. The molecule has 0 aliphatic heterocycles. The molecule has 1 aromatic rings. The lowest BCUT2D eigenvalue weighted by Crippen LogP contribution is -2.33. The fourth-order valence-electron chi connectivity index (χ4n) is 3.68. The third kappa shape index (κ3) is 5.12. The van der Waals surface area contributed by atoms with Crippen LogP contribution in [0, 0.1) is 26.7 Å². The zero-order chi connectivity index (χ0) is 20.4. The lowest BCUT2D eigenvalue weighted by molar-refractivity contribution is -0.116. The van der Waals surface area contributed by atoms with Gasteiger partial charge in [-0.3, -0.25) is 4.79 Å². The number of alkyl carbamates (subject to hydrolysis) is 1. The Bertz CT molecular complexity index is 748. The summed E-state index contributed by atoms with van der Waals surface area (Å²) in [5, 5.41) is 2.73. The average molecular weight is 373 g/mol. The van der Waals surface area contributed by atoms with Gasteiger partial charge in [0.05, 0.1) is 12.7 Å². The van der Waals surface area contributed by atoms with E-state index in [0.29, 0.717) is 25.0 Å². The number of Topliss-reactive ketones (excluding diaryl/α,β-unsaturated/α-hetero) is 1. The summed E-state index contributed by atoms with van der Waals surface area (Å²) in [6, 6.07) is 4.18. The Morgan fingerprint density at radius 2 is 1.78 bits per heavy atom. The first-order chi connectivity index (χ1) is 12.5. The van der Waals surface area contributed by atoms with E-state index in [1.807, 2.05) is 34.6 Å². The number of carbonyl (C=O) groups excluding carboxylic acids is 2. The van der Waals surface area contributed by atoms with Crippen LogP contribution in [-0.2, 0) is 14.3 Å². The van der Waals surface area contributed by atoms with Gasteiger partial charge < -0.3 is 14.8 Å². The van der Waals surface area contributed by atoms with Gasteiger partial charge >= 0.3 is 6.09 Å². The number of hydrogen-bond acceptors (Lipinski definition) is 4. The third-order valence-electron chi connectivity index (χ3n) is 4.66. The molecule has 27 heavy (non-hydrogen) atoms. The first kappa shape index (κ1) is 21.0. The molecule has 1 aliphatic carbocycles. The smallest absolute Gasteiger partial charge is 0.407 e. The van der Waals surface area contributed by atoms with Crippen LogP contribution in [0.4, 0.5) is 4.79 Å². The molecule has 0 spiro atoms. The quantitative estimate of drug-likeness (QED) is 0.827. The van der Waals surface area contributed by atoms with E-state index in [-0.39, 0.29) is 11.7 Å². The number of benzene rings is 1. The largest absolute Gasteiger partial charge is 0.500 e. The van der Waals surface area contributed by atoms with Crippen LogP contribution in [0.15, 0.2) is 17.9 Å². The number of amides is 1. The molecule has 0 fully saturated rings. The molecular formula is C22H31NO4. The Morgan fingerprint density at radius 3 is 2.30 bits per heavy atom. The SMILES string of the molecule is COC1=C(c2c(C)cc(C)cc2C)C(=O)C(CCNC(=O)OC(C)(C)C)C1. The Kier molecular flexibility index (Phi) is 6.34. The topological polar surface area (TPSA) is 64.6 Å². The lowest BCUT2D eigenvalue weighted by Gasteiger charge is -2.20. The second-order valence-corrected chi connectivity index (χ2v) is 8.26. The second kappa shape index (κ2) is 8.15. The maximum atomic E-state index is 13.1. The zero-order valence-corrected chi connectivity index (χ0v) is 17.5. The van der Waals surface area contributed by atoms with Gasteiger partial charge in [0, 0.05) is 18.9 Å². The number of aryl methyl sites for hydroxylation is 3. The number of ether oxygens (including phenoxy) is 2. The van der Waals surface area contributed by atoms with Crippen LogP contribution in [0.5, 0.6) is 0 Å². The summed E-state index contributed by atoms with van der Waals surface area (Å²) in [4.78, 5) is 24.9. The minimum absolute atomic E-state index is 0.0906. The van der Waals surface area contributed by atoms with E-state index < -0.39 is 11.7 Å². The van der Waals surface area contributed by atoms with Gasteiger partial charge in [0.15, 0.2) is 5.78 Å². The molecule has 1 amide bonds. The van der Waals surface area contributed by atoms with E-state index in [1.165, 1.54) is 5.56 Å². The molecule has 1 aromatic carbocycles. The fourth-order valence-corrected chi connectivity index (χ4v) is 3.68. The van der Waals surface area contributed by atoms with Gasteiger partial charge in [0.2, 0.25) is 0 Å². The van der Waals surface area contributed by atoms with Gasteiger partial charge in [-0.2, -0.15) is 0 Å². The fraction of sp³-hybridized carbons (Fsp3) is 0.545. The van der Waals surface area contributed by atoms with Crippen LogP contribution in [0.25, 0.3) is 5.57 Å². The molecule has 148 valence electrons. The van der Waals surface area contributed by atoms with Crippen molar-refractivity contribution in [3.8, 4) is 0 Å². The van der Waals surface area contributed by atoms with Gasteiger partial charge in [-0.25, -0.2) is 4.79 Å². The molecule has 0 saturated heterocycles. The van der Waals surface area contributed by atoms with Crippen LogP contribution < -0.4 is 5.32 Å². The maximum Gasteiger partial charge on any atom is 0.407 e. The van der Waals surface area contributed by atoms with E-state index in [2.05, 4.69) is 24.4 Å². The Balaban J connectivity index is 2.10. The molecule has 0 heterocycles. The Morgan fingerprint density at radius 1 is 1.19 bits per heavy atom. The predicted octanol–water partition coefficient (Wildman–Crippen LogP) is 4.47. The Labute approximate surface area is 162 Å². The highest BCUT2D eigenvalue weighted by molar-refractivity contribution is 6.25. The van der Waals surface area contributed by atoms with Gasteiger partial charge in [-0.15, -0.1) is 0 Å². The molecule has 0 aromatic heterocycles. The maximum absolute atomic E-state index is 13.1. The number of nitrogens with one attached hydrogen (secondary N) is 1. The molecule has 2 rings (SSSR count). The first-order valence-electron chi connectivity index (χ1n) is 9.40. The van der Waals surface area contributed by atoms with E-state index in [0.717, 1.165) is 22.4 Å². The van der Waals surface area contributed by atoms with Crippen molar-refractivity contribution in [3.63, 3.8) is 0 Å². The highest BCUT2D eigenvalue weighted by atomic mass is 16.6. The summed E-state index contributed by atoms with van der Waals surface area (Å²) in [6.07, 6.45) is 0.657.